The van der Waals surface area contributed by atoms with Crippen molar-refractivity contribution >= 4 is 0 Å². The topological polar surface area (TPSA) is 15.3 Å². The molecule has 0 radical (unpaired) electrons. The lowest BCUT2D eigenvalue weighted by Gasteiger charge is -2.32. The van der Waals surface area contributed by atoms with Gasteiger partial charge in [-0.3, -0.25) is 0 Å². The fourth-order valence-corrected chi connectivity index (χ4v) is 3.21. The first-order chi connectivity index (χ1) is 8.55. The van der Waals surface area contributed by atoms with Crippen molar-refractivity contribution in [2.24, 2.45) is 5.41 Å². The quantitative estimate of drug-likeness (QED) is 0.821. The molecule has 0 aromatic heterocycles. The maximum absolute atomic E-state index is 4.13. The van der Waals surface area contributed by atoms with Crippen molar-refractivity contribution in [1.82, 2.24) is 10.2 Å². The van der Waals surface area contributed by atoms with Gasteiger partial charge in [0.15, 0.2) is 0 Å². The molecule has 1 heterocycles. The zero-order valence-corrected chi connectivity index (χ0v) is 12.1. The molecule has 0 bridgehead atoms. The van der Waals surface area contributed by atoms with Gasteiger partial charge in [-0.1, -0.05) is 32.4 Å². The van der Waals surface area contributed by atoms with E-state index in [9.17, 15) is 0 Å². The number of nitrogens with one attached hydrogen (secondary N) is 1. The Morgan fingerprint density at radius 1 is 1.22 bits per heavy atom. The number of rotatable bonds is 4. The largest absolute Gasteiger partial charge is 0.387 e. The first kappa shape index (κ1) is 13.7. The predicted molar refractivity (Wildman–Crippen MR) is 78.5 cm³/mol. The SMILES string of the molecule is C=C1C=C(NCCN2CCCCC2)CC(C)(C)C1. The van der Waals surface area contributed by atoms with Crippen LogP contribution < -0.4 is 5.32 Å². The van der Waals surface area contributed by atoms with E-state index in [1.54, 1.807) is 0 Å². The molecule has 2 rings (SSSR count). The zero-order valence-electron chi connectivity index (χ0n) is 12.1. The molecule has 0 saturated carbocycles. The Morgan fingerprint density at radius 3 is 2.61 bits per heavy atom. The summed E-state index contributed by atoms with van der Waals surface area (Å²) >= 11 is 0. The minimum Gasteiger partial charge on any atom is -0.387 e. The van der Waals surface area contributed by atoms with Crippen LogP contribution in [0.15, 0.2) is 23.9 Å². The van der Waals surface area contributed by atoms with Crippen LogP contribution in [0.4, 0.5) is 0 Å². The van der Waals surface area contributed by atoms with Crippen LogP contribution in [-0.2, 0) is 0 Å². The van der Waals surface area contributed by atoms with Gasteiger partial charge in [0.25, 0.3) is 0 Å². The van der Waals surface area contributed by atoms with Gasteiger partial charge in [-0.2, -0.15) is 0 Å². The molecule has 1 N–H and O–H groups in total. The van der Waals surface area contributed by atoms with Crippen molar-refractivity contribution in [2.75, 3.05) is 26.2 Å². The van der Waals surface area contributed by atoms with Crippen molar-refractivity contribution in [3.63, 3.8) is 0 Å². The molecular formula is C16H28N2. The number of piperidine rings is 1. The van der Waals surface area contributed by atoms with Gasteiger partial charge < -0.3 is 10.2 Å². The van der Waals surface area contributed by atoms with Gasteiger partial charge in [0, 0.05) is 18.8 Å². The molecule has 0 amide bonds. The molecule has 2 aliphatic rings. The molecule has 0 aromatic carbocycles. The second-order valence-corrected chi connectivity index (χ2v) is 6.67. The predicted octanol–water partition coefficient (Wildman–Crippen LogP) is 3.32. The standard InChI is InChI=1S/C16H28N2/c1-14-11-15(13-16(2,3)12-14)17-7-10-18-8-5-4-6-9-18/h11,17H,1,4-10,12-13H2,2-3H3. The summed E-state index contributed by atoms with van der Waals surface area (Å²) in [6.45, 7) is 13.6. The third-order valence-corrected chi connectivity index (χ3v) is 3.98. The van der Waals surface area contributed by atoms with Gasteiger partial charge in [0.2, 0.25) is 0 Å². The molecule has 0 aromatic rings. The number of hydrogen-bond donors (Lipinski definition) is 1. The van der Waals surface area contributed by atoms with Crippen LogP contribution in [0.1, 0.15) is 46.0 Å². The Hall–Kier alpha value is -0.760. The molecule has 1 aliphatic carbocycles. The van der Waals surface area contributed by atoms with Crippen LogP contribution in [0.25, 0.3) is 0 Å². The molecular weight excluding hydrogens is 220 g/mol. The summed E-state index contributed by atoms with van der Waals surface area (Å²) in [6, 6.07) is 0. The van der Waals surface area contributed by atoms with Crippen molar-refractivity contribution in [3.05, 3.63) is 23.9 Å². The van der Waals surface area contributed by atoms with Crippen LogP contribution in [0.3, 0.4) is 0 Å². The molecule has 0 atom stereocenters. The highest BCUT2D eigenvalue weighted by Gasteiger charge is 2.24. The Morgan fingerprint density at radius 2 is 1.94 bits per heavy atom. The lowest BCUT2D eigenvalue weighted by molar-refractivity contribution is 0.229. The summed E-state index contributed by atoms with van der Waals surface area (Å²) in [6.07, 6.45) is 8.72. The molecule has 1 aliphatic heterocycles. The van der Waals surface area contributed by atoms with E-state index in [1.807, 2.05) is 0 Å². The van der Waals surface area contributed by atoms with Crippen LogP contribution in [0.5, 0.6) is 0 Å². The highest BCUT2D eigenvalue weighted by molar-refractivity contribution is 5.26. The molecule has 0 spiro atoms. The Kier molecular flexibility index (Phi) is 4.50. The van der Waals surface area contributed by atoms with E-state index in [2.05, 4.69) is 36.7 Å². The first-order valence-electron chi connectivity index (χ1n) is 7.40. The number of nitrogens with zero attached hydrogens (tertiary/aromatic N) is 1. The van der Waals surface area contributed by atoms with Crippen molar-refractivity contribution in [3.8, 4) is 0 Å². The lowest BCUT2D eigenvalue weighted by Crippen LogP contribution is -2.36. The second kappa shape index (κ2) is 5.92. The Bertz CT molecular complexity index is 322. The van der Waals surface area contributed by atoms with E-state index >= 15 is 0 Å². The van der Waals surface area contributed by atoms with E-state index in [4.69, 9.17) is 0 Å². The molecule has 1 fully saturated rings. The minimum atomic E-state index is 0.374. The Labute approximate surface area is 112 Å². The summed E-state index contributed by atoms with van der Waals surface area (Å²) in [7, 11) is 0. The summed E-state index contributed by atoms with van der Waals surface area (Å²) in [4.78, 5) is 2.58. The fourth-order valence-electron chi connectivity index (χ4n) is 3.21. The van der Waals surface area contributed by atoms with E-state index in [0.29, 0.717) is 5.41 Å². The van der Waals surface area contributed by atoms with E-state index in [-0.39, 0.29) is 0 Å². The fraction of sp³-hybridized carbons (Fsp3) is 0.750. The highest BCUT2D eigenvalue weighted by Crippen LogP contribution is 2.36. The smallest absolute Gasteiger partial charge is 0.0271 e. The normalized spacial score (nSPS) is 24.8. The van der Waals surface area contributed by atoms with Crippen LogP contribution in [0, 0.1) is 5.41 Å². The van der Waals surface area contributed by atoms with E-state index in [1.165, 1.54) is 50.2 Å². The third kappa shape index (κ3) is 4.16. The summed E-state index contributed by atoms with van der Waals surface area (Å²) in [5, 5.41) is 3.61. The zero-order chi connectivity index (χ0) is 13.0. The van der Waals surface area contributed by atoms with Gasteiger partial charge in [-0.05, 0) is 50.3 Å². The first-order valence-corrected chi connectivity index (χ1v) is 7.40. The van der Waals surface area contributed by atoms with Crippen LogP contribution >= 0.6 is 0 Å². The Balaban J connectivity index is 1.74. The number of allylic oxidation sites excluding steroid dienone is 3. The van der Waals surface area contributed by atoms with Crippen LogP contribution in [-0.4, -0.2) is 31.1 Å². The summed E-state index contributed by atoms with van der Waals surface area (Å²) in [5.41, 5.74) is 3.03. The molecule has 0 unspecified atom stereocenters. The van der Waals surface area contributed by atoms with Gasteiger partial charge in [-0.25, -0.2) is 0 Å². The van der Waals surface area contributed by atoms with Crippen LogP contribution in [0.2, 0.25) is 0 Å². The van der Waals surface area contributed by atoms with Crippen molar-refractivity contribution < 1.29 is 0 Å². The van der Waals surface area contributed by atoms with Gasteiger partial charge in [0.1, 0.15) is 0 Å². The lowest BCUT2D eigenvalue weighted by atomic mass is 9.77. The molecule has 18 heavy (non-hydrogen) atoms. The summed E-state index contributed by atoms with van der Waals surface area (Å²) < 4.78 is 0. The van der Waals surface area contributed by atoms with E-state index < -0.39 is 0 Å². The van der Waals surface area contributed by atoms with Crippen molar-refractivity contribution in [2.45, 2.75) is 46.0 Å². The third-order valence-electron chi connectivity index (χ3n) is 3.98. The molecule has 102 valence electrons. The number of likely N-dealkylation sites (tertiary alicyclic amines) is 1. The monoisotopic (exact) mass is 248 g/mol. The average molecular weight is 248 g/mol. The molecule has 2 heteroatoms. The summed E-state index contributed by atoms with van der Waals surface area (Å²) in [5.74, 6) is 0. The second-order valence-electron chi connectivity index (χ2n) is 6.67. The highest BCUT2D eigenvalue weighted by atomic mass is 15.1. The molecule has 1 saturated heterocycles. The number of hydrogen-bond acceptors (Lipinski definition) is 2. The van der Waals surface area contributed by atoms with Gasteiger partial charge >= 0.3 is 0 Å². The maximum Gasteiger partial charge on any atom is 0.0271 e. The molecule has 2 nitrogen and oxygen atoms in total. The average Bonchev–Trinajstić information content (AvgIpc) is 2.27. The maximum atomic E-state index is 4.13. The van der Waals surface area contributed by atoms with Gasteiger partial charge in [0.05, 0.1) is 0 Å². The minimum absolute atomic E-state index is 0.374. The van der Waals surface area contributed by atoms with Crippen molar-refractivity contribution in [1.29, 1.82) is 0 Å². The van der Waals surface area contributed by atoms with Gasteiger partial charge in [-0.15, -0.1) is 0 Å². The van der Waals surface area contributed by atoms with E-state index in [0.717, 1.165) is 19.4 Å².